The van der Waals surface area contributed by atoms with Gasteiger partial charge in [0.2, 0.25) is 5.91 Å². The Morgan fingerprint density at radius 1 is 0.532 bits per heavy atom. The van der Waals surface area contributed by atoms with E-state index in [0.29, 0.717) is 12.8 Å². The van der Waals surface area contributed by atoms with Crippen molar-refractivity contribution in [3.05, 3.63) is 12.2 Å². The zero-order chi connectivity index (χ0) is 45.1. The molecule has 0 aliphatic carbocycles. The van der Waals surface area contributed by atoms with Crippen LogP contribution in [0, 0.1) is 0 Å². The van der Waals surface area contributed by atoms with Crippen LogP contribution in [0.15, 0.2) is 12.2 Å². The molecular weight excluding hydrogens is 779 g/mol. The van der Waals surface area contributed by atoms with Crippen LogP contribution in [0.2, 0.25) is 0 Å². The summed E-state index contributed by atoms with van der Waals surface area (Å²) in [6, 6.07) is -0.713. The van der Waals surface area contributed by atoms with Crippen molar-refractivity contribution in [3.63, 3.8) is 0 Å². The van der Waals surface area contributed by atoms with Gasteiger partial charge < -0.3 is 40.3 Å². The van der Waals surface area contributed by atoms with E-state index in [-0.39, 0.29) is 12.5 Å². The molecule has 0 bridgehead atoms. The number of hydrogen-bond acceptors (Lipinski definition) is 8. The Hall–Kier alpha value is -1.07. The maximum Gasteiger partial charge on any atom is 0.220 e. The zero-order valence-corrected chi connectivity index (χ0v) is 40.6. The Bertz CT molecular complexity index is 981. The Morgan fingerprint density at radius 2 is 0.903 bits per heavy atom. The predicted octanol–water partition coefficient (Wildman–Crippen LogP) is 12.5. The first kappa shape index (κ1) is 58.9. The van der Waals surface area contributed by atoms with Crippen LogP contribution < -0.4 is 5.32 Å². The largest absolute Gasteiger partial charge is 0.394 e. The van der Waals surface area contributed by atoms with Gasteiger partial charge in [0.15, 0.2) is 6.29 Å². The Balaban J connectivity index is 2.11. The van der Waals surface area contributed by atoms with Gasteiger partial charge in [0.1, 0.15) is 24.4 Å². The molecule has 1 aliphatic heterocycles. The molecule has 62 heavy (non-hydrogen) atoms. The van der Waals surface area contributed by atoms with Crippen LogP contribution in [0.25, 0.3) is 0 Å². The number of unbranched alkanes of at least 4 members (excludes halogenated alkanes) is 34. The summed E-state index contributed by atoms with van der Waals surface area (Å²) in [4.78, 5) is 13.0. The van der Waals surface area contributed by atoms with Gasteiger partial charge in [-0.25, -0.2) is 0 Å². The number of aliphatic hydroxyl groups is 5. The van der Waals surface area contributed by atoms with E-state index in [2.05, 4.69) is 31.3 Å². The second-order valence-corrected chi connectivity index (χ2v) is 19.0. The van der Waals surface area contributed by atoms with E-state index in [1.54, 1.807) is 0 Å². The Morgan fingerprint density at radius 3 is 1.31 bits per heavy atom. The molecule has 1 amide bonds. The van der Waals surface area contributed by atoms with Crippen LogP contribution in [-0.2, 0) is 14.3 Å². The van der Waals surface area contributed by atoms with E-state index in [1.165, 1.54) is 199 Å². The number of carbonyl (C=O) groups excluding carboxylic acids is 1. The molecule has 6 N–H and O–H groups in total. The Kier molecular flexibility index (Phi) is 41.6. The third-order valence-electron chi connectivity index (χ3n) is 13.1. The van der Waals surface area contributed by atoms with Crippen molar-refractivity contribution in [1.29, 1.82) is 0 Å². The second-order valence-electron chi connectivity index (χ2n) is 19.0. The van der Waals surface area contributed by atoms with Gasteiger partial charge in [-0.2, -0.15) is 0 Å². The topological polar surface area (TPSA) is 149 Å². The van der Waals surface area contributed by atoms with Crippen molar-refractivity contribution in [1.82, 2.24) is 5.32 Å². The normalized spacial score (nSPS) is 20.3. The molecule has 0 radical (unpaired) electrons. The standard InChI is InChI=1S/C53H103NO8/c1-3-5-7-9-11-13-15-16-17-18-19-20-21-22-23-24-25-26-27-28-29-30-31-32-33-35-37-39-41-43-49(57)54-46(45-61-53-52(60)51(59)50(58)48(44-55)62-53)47(56)42-40-38-36-34-14-12-10-8-6-4-2/h18-19,46-48,50-53,55-56,58-60H,3-17,20-45H2,1-2H3,(H,54,57)/b19-18-. The fraction of sp³-hybridized carbons (Fsp3) is 0.943. The summed E-state index contributed by atoms with van der Waals surface area (Å²) >= 11 is 0. The lowest BCUT2D eigenvalue weighted by molar-refractivity contribution is -0.302. The highest BCUT2D eigenvalue weighted by atomic mass is 16.7. The minimum atomic E-state index is -1.55. The van der Waals surface area contributed by atoms with Gasteiger partial charge in [-0.05, 0) is 38.5 Å². The van der Waals surface area contributed by atoms with Crippen LogP contribution >= 0.6 is 0 Å². The molecule has 0 saturated carbocycles. The van der Waals surface area contributed by atoms with Crippen molar-refractivity contribution < 1.29 is 39.8 Å². The quantitative estimate of drug-likeness (QED) is 0.0261. The first-order valence-corrected chi connectivity index (χ1v) is 26.9. The number of rotatable bonds is 46. The summed E-state index contributed by atoms with van der Waals surface area (Å²) in [5.74, 6) is -0.141. The summed E-state index contributed by atoms with van der Waals surface area (Å²) in [7, 11) is 0. The van der Waals surface area contributed by atoms with E-state index in [9.17, 15) is 30.3 Å². The van der Waals surface area contributed by atoms with Crippen molar-refractivity contribution in [2.45, 2.75) is 307 Å². The summed E-state index contributed by atoms with van der Waals surface area (Å²) < 4.78 is 11.3. The van der Waals surface area contributed by atoms with Crippen LogP contribution in [0.1, 0.15) is 264 Å². The number of ether oxygens (including phenoxy) is 2. The van der Waals surface area contributed by atoms with E-state index in [1.807, 2.05) is 0 Å². The molecule has 1 rings (SSSR count). The molecule has 0 aromatic heterocycles. The van der Waals surface area contributed by atoms with Gasteiger partial charge in [0, 0.05) is 6.42 Å². The maximum absolute atomic E-state index is 13.0. The van der Waals surface area contributed by atoms with Crippen molar-refractivity contribution in [2.24, 2.45) is 0 Å². The smallest absolute Gasteiger partial charge is 0.220 e. The van der Waals surface area contributed by atoms with Gasteiger partial charge in [0.25, 0.3) is 0 Å². The third-order valence-corrected chi connectivity index (χ3v) is 13.1. The van der Waals surface area contributed by atoms with Crippen LogP contribution in [-0.4, -0.2) is 87.5 Å². The minimum absolute atomic E-state index is 0.134. The van der Waals surface area contributed by atoms with Crippen LogP contribution in [0.4, 0.5) is 0 Å². The second kappa shape index (κ2) is 43.8. The molecule has 1 fully saturated rings. The van der Waals surface area contributed by atoms with E-state index < -0.39 is 49.5 Å². The molecule has 1 aliphatic rings. The highest BCUT2D eigenvalue weighted by molar-refractivity contribution is 5.76. The van der Waals surface area contributed by atoms with Gasteiger partial charge >= 0.3 is 0 Å². The fourth-order valence-electron chi connectivity index (χ4n) is 8.80. The average molecular weight is 882 g/mol. The van der Waals surface area contributed by atoms with E-state index in [0.717, 1.165) is 38.5 Å². The fourth-order valence-corrected chi connectivity index (χ4v) is 8.80. The first-order chi connectivity index (χ1) is 30.3. The van der Waals surface area contributed by atoms with Crippen LogP contribution in [0.3, 0.4) is 0 Å². The first-order valence-electron chi connectivity index (χ1n) is 26.9. The average Bonchev–Trinajstić information content (AvgIpc) is 3.27. The molecule has 7 unspecified atom stereocenters. The molecule has 9 heteroatoms. The summed E-state index contributed by atoms with van der Waals surface area (Å²) in [6.45, 7) is 3.84. The summed E-state index contributed by atoms with van der Waals surface area (Å²) in [5.41, 5.74) is 0. The molecule has 7 atom stereocenters. The van der Waals surface area contributed by atoms with Gasteiger partial charge in [-0.3, -0.25) is 4.79 Å². The highest BCUT2D eigenvalue weighted by Crippen LogP contribution is 2.23. The van der Waals surface area contributed by atoms with Crippen molar-refractivity contribution >= 4 is 5.91 Å². The highest BCUT2D eigenvalue weighted by Gasteiger charge is 2.44. The molecule has 368 valence electrons. The zero-order valence-electron chi connectivity index (χ0n) is 40.6. The molecule has 0 aromatic rings. The van der Waals surface area contributed by atoms with E-state index >= 15 is 0 Å². The SMILES string of the molecule is CCCCCCCCCC/C=C\CCCCCCCCCCCCCCCCCCCC(=O)NC(COC1OC(CO)C(O)C(O)C1O)C(O)CCCCCCCCCCCC. The summed E-state index contributed by atoms with van der Waals surface area (Å²) in [6.07, 6.45) is 45.4. The lowest BCUT2D eigenvalue weighted by atomic mass is 9.99. The molecule has 9 nitrogen and oxygen atoms in total. The van der Waals surface area contributed by atoms with E-state index in [4.69, 9.17) is 9.47 Å². The van der Waals surface area contributed by atoms with Gasteiger partial charge in [0.05, 0.1) is 25.4 Å². The van der Waals surface area contributed by atoms with Crippen molar-refractivity contribution in [3.8, 4) is 0 Å². The molecule has 0 aromatic carbocycles. The number of carbonyl (C=O) groups is 1. The maximum atomic E-state index is 13.0. The number of nitrogens with one attached hydrogen (secondary N) is 1. The Labute approximate surface area is 382 Å². The van der Waals surface area contributed by atoms with Gasteiger partial charge in [-0.15, -0.1) is 0 Å². The lowest BCUT2D eigenvalue weighted by Gasteiger charge is -2.40. The number of allylic oxidation sites excluding steroid dienone is 2. The lowest BCUT2D eigenvalue weighted by Crippen LogP contribution is -2.60. The predicted molar refractivity (Wildman–Crippen MR) is 258 cm³/mol. The third kappa shape index (κ3) is 33.4. The number of aliphatic hydroxyl groups excluding tert-OH is 5. The number of hydrogen-bond donors (Lipinski definition) is 6. The number of amides is 1. The molecular formula is C53H103NO8. The van der Waals surface area contributed by atoms with Crippen LogP contribution in [0.5, 0.6) is 0 Å². The molecule has 1 heterocycles. The summed E-state index contributed by atoms with van der Waals surface area (Å²) in [5, 5.41) is 54.4. The van der Waals surface area contributed by atoms with Crippen molar-refractivity contribution in [2.75, 3.05) is 13.2 Å². The molecule has 0 spiro atoms. The van der Waals surface area contributed by atoms with Gasteiger partial charge in [-0.1, -0.05) is 231 Å². The monoisotopic (exact) mass is 882 g/mol. The minimum Gasteiger partial charge on any atom is -0.394 e. The molecule has 1 saturated heterocycles.